The summed E-state index contributed by atoms with van der Waals surface area (Å²) < 4.78 is 0. The third kappa shape index (κ3) is 1.61. The van der Waals surface area contributed by atoms with Gasteiger partial charge in [0.05, 0.1) is 6.42 Å². The van der Waals surface area contributed by atoms with Crippen LogP contribution >= 0.6 is 0 Å². The van der Waals surface area contributed by atoms with Crippen LogP contribution in [0.1, 0.15) is 32.6 Å². The van der Waals surface area contributed by atoms with E-state index in [1.54, 1.807) is 0 Å². The summed E-state index contributed by atoms with van der Waals surface area (Å²) in [5.41, 5.74) is 5.54. The lowest BCUT2D eigenvalue weighted by atomic mass is 9.76. The first-order valence-corrected chi connectivity index (χ1v) is 4.52. The van der Waals surface area contributed by atoms with Crippen LogP contribution in [0.4, 0.5) is 0 Å². The first kappa shape index (κ1) is 9.52. The van der Waals surface area contributed by atoms with Gasteiger partial charge in [-0.05, 0) is 24.3 Å². The summed E-state index contributed by atoms with van der Waals surface area (Å²) >= 11 is 0. The van der Waals surface area contributed by atoms with E-state index < -0.39 is 5.97 Å². The van der Waals surface area contributed by atoms with Gasteiger partial charge in [-0.2, -0.15) is 0 Å². The highest BCUT2D eigenvalue weighted by molar-refractivity contribution is 5.67. The molecule has 0 bridgehead atoms. The van der Waals surface area contributed by atoms with Gasteiger partial charge in [0, 0.05) is 0 Å². The van der Waals surface area contributed by atoms with Crippen LogP contribution in [0.25, 0.3) is 0 Å². The Labute approximate surface area is 72.9 Å². The van der Waals surface area contributed by atoms with E-state index >= 15 is 0 Å². The van der Waals surface area contributed by atoms with Crippen molar-refractivity contribution in [3.8, 4) is 0 Å². The molecular formula is C9H17NO2. The normalized spacial score (nSPS) is 35.3. The maximum atomic E-state index is 10.6. The van der Waals surface area contributed by atoms with Gasteiger partial charge >= 0.3 is 5.97 Å². The van der Waals surface area contributed by atoms with Gasteiger partial charge in [0.2, 0.25) is 0 Å². The molecule has 0 aromatic rings. The molecule has 3 N–H and O–H groups in total. The van der Waals surface area contributed by atoms with Gasteiger partial charge in [0.15, 0.2) is 0 Å². The van der Waals surface area contributed by atoms with Crippen LogP contribution < -0.4 is 5.73 Å². The van der Waals surface area contributed by atoms with Gasteiger partial charge < -0.3 is 10.8 Å². The summed E-state index contributed by atoms with van der Waals surface area (Å²) in [6, 6.07) is 0. The minimum absolute atomic E-state index is 0.105. The van der Waals surface area contributed by atoms with Crippen LogP contribution in [-0.2, 0) is 4.79 Å². The van der Waals surface area contributed by atoms with E-state index in [9.17, 15) is 4.79 Å². The second kappa shape index (κ2) is 3.44. The molecule has 1 rings (SSSR count). The minimum Gasteiger partial charge on any atom is -0.481 e. The van der Waals surface area contributed by atoms with Gasteiger partial charge in [0.25, 0.3) is 0 Å². The molecule has 1 unspecified atom stereocenters. The van der Waals surface area contributed by atoms with E-state index in [0.29, 0.717) is 12.5 Å². The SMILES string of the molecule is CC1CCC[C@]1(CN)CC(=O)O. The monoisotopic (exact) mass is 171 g/mol. The van der Waals surface area contributed by atoms with Crippen LogP contribution in [0.5, 0.6) is 0 Å². The lowest BCUT2D eigenvalue weighted by Crippen LogP contribution is -2.35. The van der Waals surface area contributed by atoms with E-state index in [0.717, 1.165) is 19.3 Å². The molecule has 0 aromatic carbocycles. The fourth-order valence-electron chi connectivity index (χ4n) is 2.25. The molecule has 0 radical (unpaired) electrons. The summed E-state index contributed by atoms with van der Waals surface area (Å²) in [6.45, 7) is 2.63. The molecule has 3 nitrogen and oxygen atoms in total. The second-order valence-corrected chi connectivity index (χ2v) is 3.93. The van der Waals surface area contributed by atoms with Gasteiger partial charge in [-0.25, -0.2) is 0 Å². The molecule has 1 fully saturated rings. The zero-order valence-electron chi connectivity index (χ0n) is 7.55. The van der Waals surface area contributed by atoms with E-state index in [1.165, 1.54) is 0 Å². The Hall–Kier alpha value is -0.570. The Morgan fingerprint density at radius 1 is 1.75 bits per heavy atom. The number of carboxylic acid groups (broad SMARTS) is 1. The van der Waals surface area contributed by atoms with Crippen molar-refractivity contribution in [1.29, 1.82) is 0 Å². The fourth-order valence-corrected chi connectivity index (χ4v) is 2.25. The summed E-state index contributed by atoms with van der Waals surface area (Å²) in [5, 5.41) is 8.73. The molecule has 1 aliphatic rings. The lowest BCUT2D eigenvalue weighted by molar-refractivity contribution is -0.140. The van der Waals surface area contributed by atoms with Crippen molar-refractivity contribution in [2.75, 3.05) is 6.54 Å². The molecule has 1 saturated carbocycles. The van der Waals surface area contributed by atoms with Crippen molar-refractivity contribution < 1.29 is 9.90 Å². The highest BCUT2D eigenvalue weighted by Gasteiger charge is 2.40. The Balaban J connectivity index is 2.67. The summed E-state index contributed by atoms with van der Waals surface area (Å²) in [7, 11) is 0. The Bertz CT molecular complexity index is 181. The van der Waals surface area contributed by atoms with Crippen LogP contribution in [0.2, 0.25) is 0 Å². The van der Waals surface area contributed by atoms with E-state index in [2.05, 4.69) is 6.92 Å². The van der Waals surface area contributed by atoms with Crippen LogP contribution in [0.15, 0.2) is 0 Å². The topological polar surface area (TPSA) is 63.3 Å². The largest absolute Gasteiger partial charge is 0.481 e. The van der Waals surface area contributed by atoms with Crippen LogP contribution in [0.3, 0.4) is 0 Å². The van der Waals surface area contributed by atoms with E-state index in [1.807, 2.05) is 0 Å². The van der Waals surface area contributed by atoms with E-state index in [4.69, 9.17) is 10.8 Å². The molecule has 0 aliphatic heterocycles. The molecule has 3 heteroatoms. The van der Waals surface area contributed by atoms with Crippen LogP contribution in [-0.4, -0.2) is 17.6 Å². The number of carboxylic acids is 1. The number of hydrogen-bond donors (Lipinski definition) is 2. The number of aliphatic carboxylic acids is 1. The number of carbonyl (C=O) groups is 1. The van der Waals surface area contributed by atoms with Crippen molar-refractivity contribution in [2.24, 2.45) is 17.1 Å². The average Bonchev–Trinajstić information content (AvgIpc) is 2.32. The van der Waals surface area contributed by atoms with Crippen LogP contribution in [0, 0.1) is 11.3 Å². The third-order valence-electron chi connectivity index (χ3n) is 3.27. The van der Waals surface area contributed by atoms with Crippen molar-refractivity contribution in [3.63, 3.8) is 0 Å². The van der Waals surface area contributed by atoms with E-state index in [-0.39, 0.29) is 11.8 Å². The first-order chi connectivity index (χ1) is 5.60. The lowest BCUT2D eigenvalue weighted by Gasteiger charge is -2.30. The number of nitrogens with two attached hydrogens (primary N) is 1. The van der Waals surface area contributed by atoms with Crippen molar-refractivity contribution in [1.82, 2.24) is 0 Å². The Morgan fingerprint density at radius 3 is 2.75 bits per heavy atom. The maximum absolute atomic E-state index is 10.6. The quantitative estimate of drug-likeness (QED) is 0.671. The predicted octanol–water partition coefficient (Wildman–Crippen LogP) is 1.23. The number of rotatable bonds is 3. The molecule has 0 spiro atoms. The predicted molar refractivity (Wildman–Crippen MR) is 46.8 cm³/mol. The molecule has 2 atom stereocenters. The molecule has 0 saturated heterocycles. The summed E-state index contributed by atoms with van der Waals surface area (Å²) in [5.74, 6) is -0.243. The van der Waals surface area contributed by atoms with Gasteiger partial charge in [-0.15, -0.1) is 0 Å². The summed E-state index contributed by atoms with van der Waals surface area (Å²) in [6.07, 6.45) is 3.48. The molecule has 12 heavy (non-hydrogen) atoms. The Kier molecular flexibility index (Phi) is 2.73. The standard InChI is InChI=1S/C9H17NO2/c1-7-3-2-4-9(7,6-10)5-8(11)12/h7H,2-6,10H2,1H3,(H,11,12)/t7?,9-/m1/s1. The fraction of sp³-hybridized carbons (Fsp3) is 0.889. The van der Waals surface area contributed by atoms with Gasteiger partial charge in [-0.3, -0.25) is 4.79 Å². The maximum Gasteiger partial charge on any atom is 0.303 e. The second-order valence-electron chi connectivity index (χ2n) is 3.93. The molecule has 0 amide bonds. The first-order valence-electron chi connectivity index (χ1n) is 4.52. The molecular weight excluding hydrogens is 154 g/mol. The third-order valence-corrected chi connectivity index (χ3v) is 3.27. The van der Waals surface area contributed by atoms with Crippen molar-refractivity contribution in [3.05, 3.63) is 0 Å². The van der Waals surface area contributed by atoms with Crippen molar-refractivity contribution in [2.45, 2.75) is 32.6 Å². The highest BCUT2D eigenvalue weighted by atomic mass is 16.4. The summed E-state index contributed by atoms with van der Waals surface area (Å²) in [4.78, 5) is 10.6. The van der Waals surface area contributed by atoms with Gasteiger partial charge in [-0.1, -0.05) is 19.8 Å². The average molecular weight is 171 g/mol. The zero-order valence-corrected chi connectivity index (χ0v) is 7.55. The highest BCUT2D eigenvalue weighted by Crippen LogP contribution is 2.44. The molecule has 1 aliphatic carbocycles. The molecule has 0 heterocycles. The van der Waals surface area contributed by atoms with Gasteiger partial charge in [0.1, 0.15) is 0 Å². The minimum atomic E-state index is -0.714. The zero-order chi connectivity index (χ0) is 9.19. The number of hydrogen-bond acceptors (Lipinski definition) is 2. The molecule has 0 aromatic heterocycles. The Morgan fingerprint density at radius 2 is 2.42 bits per heavy atom. The molecule has 70 valence electrons. The van der Waals surface area contributed by atoms with Crippen molar-refractivity contribution >= 4 is 5.97 Å². The smallest absolute Gasteiger partial charge is 0.303 e.